The molecule has 0 aliphatic carbocycles. The van der Waals surface area contributed by atoms with Gasteiger partial charge in [0, 0.05) is 37.9 Å². The van der Waals surface area contributed by atoms with Crippen LogP contribution in [0.1, 0.15) is 11.3 Å². The fourth-order valence-electron chi connectivity index (χ4n) is 3.15. The number of hydrogen-bond acceptors (Lipinski definition) is 6. The first-order valence-corrected chi connectivity index (χ1v) is 9.88. The van der Waals surface area contributed by atoms with E-state index in [0.717, 1.165) is 17.1 Å². The van der Waals surface area contributed by atoms with Gasteiger partial charge in [-0.15, -0.1) is 0 Å². The molecule has 0 bridgehead atoms. The number of benzene rings is 1. The summed E-state index contributed by atoms with van der Waals surface area (Å²) in [5.74, 6) is 1.44. The maximum atomic E-state index is 12.8. The minimum Gasteiger partial charge on any atom is -0.354 e. The number of anilines is 1. The van der Waals surface area contributed by atoms with Crippen LogP contribution in [0.3, 0.4) is 0 Å². The highest BCUT2D eigenvalue weighted by Crippen LogP contribution is 2.22. The van der Waals surface area contributed by atoms with Crippen molar-refractivity contribution in [1.29, 1.82) is 0 Å². The van der Waals surface area contributed by atoms with Crippen molar-refractivity contribution in [3.05, 3.63) is 47.9 Å². The number of aromatic nitrogens is 4. The monoisotopic (exact) mass is 372 g/mol. The first kappa shape index (κ1) is 16.9. The lowest BCUT2D eigenvalue weighted by atomic mass is 10.2. The zero-order chi connectivity index (χ0) is 18.3. The normalized spacial score (nSPS) is 16.3. The highest BCUT2D eigenvalue weighted by molar-refractivity contribution is 7.89. The van der Waals surface area contributed by atoms with Gasteiger partial charge in [-0.2, -0.15) is 18.9 Å². The predicted molar refractivity (Wildman–Crippen MR) is 97.7 cm³/mol. The van der Waals surface area contributed by atoms with E-state index < -0.39 is 10.0 Å². The molecule has 3 aromatic rings. The summed E-state index contributed by atoms with van der Waals surface area (Å²) in [6.07, 6.45) is 1.48. The Kier molecular flexibility index (Phi) is 4.12. The van der Waals surface area contributed by atoms with Gasteiger partial charge in [0.05, 0.1) is 4.90 Å². The third kappa shape index (κ3) is 2.93. The Morgan fingerprint density at radius 2 is 1.69 bits per heavy atom. The average molecular weight is 372 g/mol. The van der Waals surface area contributed by atoms with Crippen molar-refractivity contribution in [2.75, 3.05) is 31.1 Å². The van der Waals surface area contributed by atoms with Gasteiger partial charge in [-0.3, -0.25) is 0 Å². The third-order valence-electron chi connectivity index (χ3n) is 4.58. The second-order valence-electron chi connectivity index (χ2n) is 6.43. The quantitative estimate of drug-likeness (QED) is 0.688. The van der Waals surface area contributed by atoms with Gasteiger partial charge in [0.25, 0.3) is 5.78 Å². The first-order valence-electron chi connectivity index (χ1n) is 8.44. The molecule has 3 heterocycles. The lowest BCUT2D eigenvalue weighted by molar-refractivity contribution is 0.383. The summed E-state index contributed by atoms with van der Waals surface area (Å²) in [5.41, 5.74) is 1.90. The fourth-order valence-corrected chi connectivity index (χ4v) is 4.58. The van der Waals surface area contributed by atoms with Gasteiger partial charge in [-0.25, -0.2) is 13.4 Å². The number of piperazine rings is 1. The molecule has 1 fully saturated rings. The first-order chi connectivity index (χ1) is 12.4. The van der Waals surface area contributed by atoms with Crippen LogP contribution < -0.4 is 4.90 Å². The fraction of sp³-hybridized carbons (Fsp3) is 0.353. The largest absolute Gasteiger partial charge is 0.354 e. The molecule has 0 saturated carbocycles. The zero-order valence-electron chi connectivity index (χ0n) is 14.7. The number of fused-ring (bicyclic) bond motifs is 1. The van der Waals surface area contributed by atoms with Crippen molar-refractivity contribution >= 4 is 21.6 Å². The van der Waals surface area contributed by atoms with E-state index in [4.69, 9.17) is 0 Å². The molecule has 9 heteroatoms. The number of hydrogen-bond donors (Lipinski definition) is 0. The molecule has 0 atom stereocenters. The summed E-state index contributed by atoms with van der Waals surface area (Å²) in [6, 6.07) is 8.94. The van der Waals surface area contributed by atoms with Crippen molar-refractivity contribution < 1.29 is 8.42 Å². The van der Waals surface area contributed by atoms with E-state index >= 15 is 0 Å². The van der Waals surface area contributed by atoms with Crippen LogP contribution in [0, 0.1) is 13.8 Å². The molecule has 1 aliphatic rings. The van der Waals surface area contributed by atoms with Gasteiger partial charge in [0.2, 0.25) is 10.0 Å². The standard InChI is InChI=1S/C17H20N6O2S/c1-13-3-5-15(6-4-13)26(24,25)22-9-7-21(8-10-22)16-11-14(2)20-17-18-12-19-23(16)17/h3-6,11-12H,7-10H2,1-2H3. The second-order valence-corrected chi connectivity index (χ2v) is 8.37. The summed E-state index contributed by atoms with van der Waals surface area (Å²) in [4.78, 5) is 11.0. The van der Waals surface area contributed by atoms with E-state index in [0.29, 0.717) is 36.9 Å². The van der Waals surface area contributed by atoms with Crippen molar-refractivity contribution in [3.63, 3.8) is 0 Å². The molecule has 1 saturated heterocycles. The molecule has 8 nitrogen and oxygen atoms in total. The average Bonchev–Trinajstić information content (AvgIpc) is 3.10. The van der Waals surface area contributed by atoms with Gasteiger partial charge in [0.15, 0.2) is 0 Å². The molecule has 26 heavy (non-hydrogen) atoms. The highest BCUT2D eigenvalue weighted by Gasteiger charge is 2.29. The third-order valence-corrected chi connectivity index (χ3v) is 6.50. The molecule has 1 aromatic carbocycles. The van der Waals surface area contributed by atoms with Gasteiger partial charge in [-0.05, 0) is 26.0 Å². The summed E-state index contributed by atoms with van der Waals surface area (Å²) < 4.78 is 28.9. The second kappa shape index (κ2) is 6.33. The molecule has 0 N–H and O–H groups in total. The van der Waals surface area contributed by atoms with E-state index in [1.165, 1.54) is 6.33 Å². The van der Waals surface area contributed by atoms with Crippen LogP contribution in [-0.2, 0) is 10.0 Å². The van der Waals surface area contributed by atoms with Crippen molar-refractivity contribution in [2.45, 2.75) is 18.7 Å². The van der Waals surface area contributed by atoms with Gasteiger partial charge in [-0.1, -0.05) is 17.7 Å². The summed E-state index contributed by atoms with van der Waals surface area (Å²) in [7, 11) is -3.46. The van der Waals surface area contributed by atoms with E-state index in [-0.39, 0.29) is 0 Å². The van der Waals surface area contributed by atoms with E-state index in [1.54, 1.807) is 21.0 Å². The SMILES string of the molecule is Cc1ccc(S(=O)(=O)N2CCN(c3cc(C)nc4ncnn34)CC2)cc1. The van der Waals surface area contributed by atoms with Gasteiger partial charge >= 0.3 is 0 Å². The Bertz CT molecular complexity index is 1040. The molecule has 4 rings (SSSR count). The molecule has 0 amide bonds. The van der Waals surface area contributed by atoms with E-state index in [9.17, 15) is 8.42 Å². The van der Waals surface area contributed by atoms with Gasteiger partial charge in [0.1, 0.15) is 12.1 Å². The highest BCUT2D eigenvalue weighted by atomic mass is 32.2. The predicted octanol–water partition coefficient (Wildman–Crippen LogP) is 1.25. The Hall–Kier alpha value is -2.52. The van der Waals surface area contributed by atoms with Crippen molar-refractivity contribution in [2.24, 2.45) is 0 Å². The summed E-state index contributed by atoms with van der Waals surface area (Å²) in [6.45, 7) is 5.88. The van der Waals surface area contributed by atoms with Crippen LogP contribution >= 0.6 is 0 Å². The lowest BCUT2D eigenvalue weighted by Crippen LogP contribution is -2.49. The van der Waals surface area contributed by atoms with Crippen molar-refractivity contribution in [3.8, 4) is 0 Å². The van der Waals surface area contributed by atoms with E-state index in [1.807, 2.05) is 32.0 Å². The molecule has 136 valence electrons. The summed E-state index contributed by atoms with van der Waals surface area (Å²) >= 11 is 0. The minimum absolute atomic E-state index is 0.343. The van der Waals surface area contributed by atoms with Gasteiger partial charge < -0.3 is 4.90 Å². The molecule has 0 unspecified atom stereocenters. The number of aryl methyl sites for hydroxylation is 2. The number of sulfonamides is 1. The van der Waals surface area contributed by atoms with E-state index in [2.05, 4.69) is 20.0 Å². The number of nitrogens with zero attached hydrogens (tertiary/aromatic N) is 6. The molecular formula is C17H20N6O2S. The Morgan fingerprint density at radius 3 is 2.38 bits per heavy atom. The maximum Gasteiger partial charge on any atom is 0.254 e. The van der Waals surface area contributed by atoms with Crippen LogP contribution in [0.5, 0.6) is 0 Å². The Labute approximate surface area is 152 Å². The Morgan fingerprint density at radius 1 is 1.00 bits per heavy atom. The van der Waals surface area contributed by atoms with Crippen molar-refractivity contribution in [1.82, 2.24) is 23.9 Å². The van der Waals surface area contributed by atoms with Crippen LogP contribution in [0.2, 0.25) is 0 Å². The smallest absolute Gasteiger partial charge is 0.254 e. The van der Waals surface area contributed by atoms with Crippen LogP contribution in [0.25, 0.3) is 5.78 Å². The topological polar surface area (TPSA) is 83.7 Å². The molecule has 2 aromatic heterocycles. The molecule has 0 radical (unpaired) electrons. The minimum atomic E-state index is -3.46. The van der Waals surface area contributed by atoms with Crippen LogP contribution in [-0.4, -0.2) is 58.5 Å². The molecule has 0 spiro atoms. The molecule has 1 aliphatic heterocycles. The zero-order valence-corrected chi connectivity index (χ0v) is 15.5. The summed E-state index contributed by atoms with van der Waals surface area (Å²) in [5, 5.41) is 4.23. The number of rotatable bonds is 3. The Balaban J connectivity index is 1.55. The molecular weight excluding hydrogens is 352 g/mol. The maximum absolute atomic E-state index is 12.8. The van der Waals surface area contributed by atoms with Crippen LogP contribution in [0.4, 0.5) is 5.82 Å². The lowest BCUT2D eigenvalue weighted by Gasteiger charge is -2.35. The van der Waals surface area contributed by atoms with Crippen LogP contribution in [0.15, 0.2) is 41.6 Å².